The molecular weight excluding hydrogens is 296 g/mol. The Morgan fingerprint density at radius 2 is 2.09 bits per heavy atom. The van der Waals surface area contributed by atoms with E-state index in [1.807, 2.05) is 31.2 Å². The first kappa shape index (κ1) is 16.2. The summed E-state index contributed by atoms with van der Waals surface area (Å²) in [5, 5.41) is 10.8. The Kier molecular flexibility index (Phi) is 5.45. The van der Waals surface area contributed by atoms with Gasteiger partial charge in [-0.1, -0.05) is 22.4 Å². The molecule has 0 atom stereocenters. The van der Waals surface area contributed by atoms with Crippen LogP contribution in [0.25, 0.3) is 0 Å². The van der Waals surface area contributed by atoms with Gasteiger partial charge in [0.05, 0.1) is 17.5 Å². The van der Waals surface area contributed by atoms with Gasteiger partial charge in [-0.05, 0) is 19.1 Å². The normalized spacial score (nSPS) is 11.5. The lowest BCUT2D eigenvalue weighted by atomic mass is 10.1. The molecule has 0 spiro atoms. The highest BCUT2D eigenvalue weighted by atomic mass is 16.6. The number of nitrogens with two attached hydrogens (primary N) is 1. The van der Waals surface area contributed by atoms with Gasteiger partial charge in [0, 0.05) is 11.3 Å². The van der Waals surface area contributed by atoms with Gasteiger partial charge in [0.15, 0.2) is 0 Å². The summed E-state index contributed by atoms with van der Waals surface area (Å²) in [6, 6.07) is 7.66. The molecule has 0 amide bonds. The maximum absolute atomic E-state index is 5.86. The highest BCUT2D eigenvalue weighted by Crippen LogP contribution is 2.21. The van der Waals surface area contributed by atoms with Crippen LogP contribution in [0.1, 0.15) is 18.1 Å². The molecule has 2 rings (SSSR count). The molecule has 0 saturated heterocycles. The van der Waals surface area contributed by atoms with Crippen LogP contribution in [0.3, 0.4) is 0 Å². The number of nitrogens with one attached hydrogen (secondary N) is 1. The molecule has 0 radical (unpaired) electrons. The van der Waals surface area contributed by atoms with Gasteiger partial charge in [-0.3, -0.25) is 0 Å². The van der Waals surface area contributed by atoms with E-state index in [9.17, 15) is 0 Å². The largest absolute Gasteiger partial charge is 0.399 e. The molecule has 0 aliphatic rings. The lowest BCUT2D eigenvalue weighted by molar-refractivity contribution is 0.213. The molecule has 8 nitrogen and oxygen atoms in total. The second kappa shape index (κ2) is 7.74. The van der Waals surface area contributed by atoms with Crippen molar-refractivity contribution in [1.82, 2.24) is 9.97 Å². The zero-order valence-electron chi connectivity index (χ0n) is 13.1. The van der Waals surface area contributed by atoms with Crippen LogP contribution in [0, 0.1) is 0 Å². The number of hydrogen-bond acceptors (Lipinski definition) is 8. The van der Waals surface area contributed by atoms with Crippen molar-refractivity contribution in [3.05, 3.63) is 41.7 Å². The summed E-state index contributed by atoms with van der Waals surface area (Å²) in [6.45, 7) is 1.86. The minimum atomic E-state index is 0.302. The minimum absolute atomic E-state index is 0.302. The molecular formula is C15H18N6O2. The van der Waals surface area contributed by atoms with E-state index in [2.05, 4.69) is 30.4 Å². The van der Waals surface area contributed by atoms with Crippen LogP contribution in [0.4, 0.5) is 17.3 Å². The molecule has 0 saturated carbocycles. The molecule has 23 heavy (non-hydrogen) atoms. The first-order valence-electron chi connectivity index (χ1n) is 6.78. The van der Waals surface area contributed by atoms with E-state index < -0.39 is 0 Å². The number of nitrogen functional groups attached to an aromatic ring is 1. The topological polar surface area (TPSA) is 107 Å². The van der Waals surface area contributed by atoms with E-state index in [1.54, 1.807) is 0 Å². The number of hydrogen-bond donors (Lipinski definition) is 2. The van der Waals surface area contributed by atoms with Crippen molar-refractivity contribution < 1.29 is 9.68 Å². The zero-order valence-corrected chi connectivity index (χ0v) is 13.1. The Labute approximate surface area is 134 Å². The fourth-order valence-electron chi connectivity index (χ4n) is 1.89. The molecule has 120 valence electrons. The van der Waals surface area contributed by atoms with Gasteiger partial charge in [-0.25, -0.2) is 9.97 Å². The van der Waals surface area contributed by atoms with E-state index in [4.69, 9.17) is 10.6 Å². The van der Waals surface area contributed by atoms with Crippen molar-refractivity contribution >= 4 is 29.2 Å². The maximum Gasteiger partial charge on any atom is 0.144 e. The first-order valence-corrected chi connectivity index (χ1v) is 6.78. The molecule has 0 aliphatic heterocycles. The second-order valence-electron chi connectivity index (χ2n) is 4.50. The highest BCUT2D eigenvalue weighted by Gasteiger charge is 2.08. The van der Waals surface area contributed by atoms with Gasteiger partial charge in [-0.2, -0.15) is 0 Å². The summed E-state index contributed by atoms with van der Waals surface area (Å²) in [7, 11) is 2.96. The van der Waals surface area contributed by atoms with Crippen LogP contribution in [0.15, 0.2) is 40.9 Å². The van der Waals surface area contributed by atoms with Crippen molar-refractivity contribution in [1.29, 1.82) is 0 Å². The van der Waals surface area contributed by atoms with E-state index in [-0.39, 0.29) is 0 Å². The monoisotopic (exact) mass is 314 g/mol. The van der Waals surface area contributed by atoms with Gasteiger partial charge < -0.3 is 20.7 Å². The second-order valence-corrected chi connectivity index (χ2v) is 4.50. The lowest BCUT2D eigenvalue weighted by Crippen LogP contribution is -2.05. The molecule has 1 heterocycles. The fraction of sp³-hybridized carbons (Fsp3) is 0.200. The number of aromatic nitrogens is 2. The number of oxime groups is 2. The number of rotatable bonds is 6. The van der Waals surface area contributed by atoms with E-state index in [0.29, 0.717) is 17.2 Å². The lowest BCUT2D eigenvalue weighted by Gasteiger charge is -2.10. The predicted octanol–water partition coefficient (Wildman–Crippen LogP) is 2.15. The van der Waals surface area contributed by atoms with E-state index in [1.165, 1.54) is 26.8 Å². The van der Waals surface area contributed by atoms with Crippen molar-refractivity contribution in [2.24, 2.45) is 10.3 Å². The van der Waals surface area contributed by atoms with Crippen LogP contribution in [-0.4, -0.2) is 36.1 Å². The third-order valence-electron chi connectivity index (χ3n) is 2.97. The van der Waals surface area contributed by atoms with Gasteiger partial charge >= 0.3 is 0 Å². The van der Waals surface area contributed by atoms with Crippen molar-refractivity contribution in [2.45, 2.75) is 6.92 Å². The van der Waals surface area contributed by atoms with E-state index in [0.717, 1.165) is 17.0 Å². The van der Waals surface area contributed by atoms with Crippen LogP contribution in [0.5, 0.6) is 0 Å². The minimum Gasteiger partial charge on any atom is -0.399 e. The molecule has 0 fully saturated rings. The van der Waals surface area contributed by atoms with Crippen LogP contribution < -0.4 is 11.1 Å². The molecule has 3 N–H and O–H groups in total. The van der Waals surface area contributed by atoms with Gasteiger partial charge in [-0.15, -0.1) is 0 Å². The Bertz CT molecular complexity index is 730. The Morgan fingerprint density at radius 3 is 2.83 bits per heavy atom. The highest BCUT2D eigenvalue weighted by molar-refractivity contribution is 5.99. The Morgan fingerprint density at radius 1 is 1.26 bits per heavy atom. The first-order chi connectivity index (χ1) is 11.2. The molecule has 1 aromatic carbocycles. The average Bonchev–Trinajstić information content (AvgIpc) is 2.55. The standard InChI is InChI=1S/C15H18N6O2/c1-10(21-23-3)11-5-4-6-12(7-11)20-15-13(8-19-22-2)14(16)17-9-18-15/h4-9H,1-3H3,(H3,16,17,18,20). The van der Waals surface area contributed by atoms with Crippen LogP contribution in [-0.2, 0) is 9.68 Å². The summed E-state index contributed by atoms with van der Waals surface area (Å²) >= 11 is 0. The third-order valence-corrected chi connectivity index (χ3v) is 2.97. The van der Waals surface area contributed by atoms with Crippen molar-refractivity contribution in [3.8, 4) is 0 Å². The number of nitrogens with zero attached hydrogens (tertiary/aromatic N) is 4. The summed E-state index contributed by atoms with van der Waals surface area (Å²) in [4.78, 5) is 17.6. The van der Waals surface area contributed by atoms with Gasteiger partial charge in [0.1, 0.15) is 32.2 Å². The van der Waals surface area contributed by atoms with Crippen LogP contribution in [0.2, 0.25) is 0 Å². The number of anilines is 3. The number of benzene rings is 1. The average molecular weight is 314 g/mol. The SMILES string of the molecule is CON=Cc1c(N)ncnc1Nc1cccc(C(C)=NOC)c1. The molecule has 0 unspecified atom stereocenters. The Balaban J connectivity index is 2.33. The molecule has 2 aromatic rings. The van der Waals surface area contributed by atoms with Gasteiger partial charge in [0.25, 0.3) is 0 Å². The van der Waals surface area contributed by atoms with Crippen molar-refractivity contribution in [3.63, 3.8) is 0 Å². The molecule has 0 bridgehead atoms. The predicted molar refractivity (Wildman–Crippen MR) is 90.0 cm³/mol. The molecule has 0 aliphatic carbocycles. The summed E-state index contributed by atoms with van der Waals surface area (Å²) in [5.41, 5.74) is 8.91. The van der Waals surface area contributed by atoms with Crippen molar-refractivity contribution in [2.75, 3.05) is 25.3 Å². The van der Waals surface area contributed by atoms with Crippen LogP contribution >= 0.6 is 0 Å². The fourth-order valence-corrected chi connectivity index (χ4v) is 1.89. The quantitative estimate of drug-likeness (QED) is 0.625. The zero-order chi connectivity index (χ0) is 16.7. The summed E-state index contributed by atoms with van der Waals surface area (Å²) < 4.78 is 0. The summed E-state index contributed by atoms with van der Waals surface area (Å²) in [5.74, 6) is 0.827. The molecule has 8 heteroatoms. The maximum atomic E-state index is 5.86. The Hall–Kier alpha value is -3.16. The third kappa shape index (κ3) is 4.16. The van der Waals surface area contributed by atoms with Gasteiger partial charge in [0.2, 0.25) is 0 Å². The smallest absolute Gasteiger partial charge is 0.144 e. The molecule has 1 aromatic heterocycles. The summed E-state index contributed by atoms with van der Waals surface area (Å²) in [6.07, 6.45) is 2.84. The van der Waals surface area contributed by atoms with E-state index >= 15 is 0 Å².